The summed E-state index contributed by atoms with van der Waals surface area (Å²) < 4.78 is 51.3. The minimum atomic E-state index is -4.53. The summed E-state index contributed by atoms with van der Waals surface area (Å²) in [5, 5.41) is 11.3. The first-order valence-corrected chi connectivity index (χ1v) is 7.03. The summed E-state index contributed by atoms with van der Waals surface area (Å²) in [7, 11) is 0. The maximum atomic E-state index is 14.1. The zero-order chi connectivity index (χ0) is 17.2. The third-order valence-electron chi connectivity index (χ3n) is 3.89. The Balaban J connectivity index is 1.96. The Kier molecular flexibility index (Phi) is 4.91. The molecular weight excluding hydrogens is 318 g/mol. The number of carbonyl (C=O) groups excluding carboxylic acids is 1. The number of halogens is 4. The van der Waals surface area contributed by atoms with E-state index in [9.17, 15) is 27.2 Å². The zero-order valence-electron chi connectivity index (χ0n) is 11.9. The van der Waals surface area contributed by atoms with Gasteiger partial charge in [0.15, 0.2) is 0 Å². The summed E-state index contributed by atoms with van der Waals surface area (Å²) in [4.78, 5) is 22.6. The van der Waals surface area contributed by atoms with Crippen LogP contribution in [0.5, 0.6) is 0 Å². The zero-order valence-corrected chi connectivity index (χ0v) is 11.9. The van der Waals surface area contributed by atoms with Gasteiger partial charge in [0.2, 0.25) is 6.17 Å². The highest BCUT2D eigenvalue weighted by Crippen LogP contribution is 2.31. The molecular formula is C15H15F4NO3. The highest BCUT2D eigenvalue weighted by atomic mass is 19.4. The molecule has 0 saturated heterocycles. The molecule has 2 rings (SSSR count). The summed E-state index contributed by atoms with van der Waals surface area (Å²) in [5.41, 5.74) is -1.10. The predicted octanol–water partition coefficient (Wildman–Crippen LogP) is 3.09. The van der Waals surface area contributed by atoms with Crippen molar-refractivity contribution in [2.45, 2.75) is 37.7 Å². The van der Waals surface area contributed by atoms with Crippen LogP contribution in [0.25, 0.3) is 0 Å². The molecule has 1 fully saturated rings. The lowest BCUT2D eigenvalue weighted by Crippen LogP contribution is -2.35. The first kappa shape index (κ1) is 17.2. The Hall–Kier alpha value is -2.12. The standard InChI is InChI=1S/C15H15F4NO3/c16-12(8-1-4-10(5-2-8)15(17,18)19)13(21)20-11-6-3-9(7-11)14(22)23/h1-2,4-5,9,11-12H,3,6-7H2,(H,20,21)(H,22,23)/t9-,11+,12?/m0/s1. The number of aliphatic carboxylic acids is 1. The number of carbonyl (C=O) groups is 2. The van der Waals surface area contributed by atoms with E-state index in [4.69, 9.17) is 5.11 Å². The number of carboxylic acids is 1. The van der Waals surface area contributed by atoms with Gasteiger partial charge in [0.1, 0.15) is 0 Å². The molecule has 1 aromatic carbocycles. The van der Waals surface area contributed by atoms with E-state index in [2.05, 4.69) is 5.32 Å². The monoisotopic (exact) mass is 333 g/mol. The van der Waals surface area contributed by atoms with E-state index in [1.165, 1.54) is 0 Å². The van der Waals surface area contributed by atoms with E-state index < -0.39 is 41.7 Å². The molecule has 0 aliphatic heterocycles. The van der Waals surface area contributed by atoms with Crippen LogP contribution in [-0.2, 0) is 15.8 Å². The Bertz CT molecular complexity index is 585. The number of carboxylic acid groups (broad SMARTS) is 1. The van der Waals surface area contributed by atoms with Gasteiger partial charge >= 0.3 is 12.1 Å². The number of nitrogens with one attached hydrogen (secondary N) is 1. The second-order valence-corrected chi connectivity index (χ2v) is 5.54. The van der Waals surface area contributed by atoms with Gasteiger partial charge in [-0.05, 0) is 37.0 Å². The molecule has 1 aliphatic carbocycles. The van der Waals surface area contributed by atoms with Gasteiger partial charge < -0.3 is 10.4 Å². The normalized spacial score (nSPS) is 22.6. The maximum absolute atomic E-state index is 14.1. The van der Waals surface area contributed by atoms with Crippen LogP contribution in [0.1, 0.15) is 36.6 Å². The number of benzene rings is 1. The third kappa shape index (κ3) is 4.20. The quantitative estimate of drug-likeness (QED) is 0.832. The van der Waals surface area contributed by atoms with E-state index in [-0.39, 0.29) is 12.0 Å². The smallest absolute Gasteiger partial charge is 0.416 e. The molecule has 1 aromatic rings. The molecule has 1 unspecified atom stereocenters. The summed E-state index contributed by atoms with van der Waals surface area (Å²) >= 11 is 0. The van der Waals surface area contributed by atoms with Crippen molar-refractivity contribution in [2.75, 3.05) is 0 Å². The third-order valence-corrected chi connectivity index (χ3v) is 3.89. The first-order chi connectivity index (χ1) is 10.7. The maximum Gasteiger partial charge on any atom is 0.416 e. The van der Waals surface area contributed by atoms with Crippen molar-refractivity contribution < 1.29 is 32.3 Å². The van der Waals surface area contributed by atoms with Gasteiger partial charge in [-0.3, -0.25) is 9.59 Å². The average molecular weight is 333 g/mol. The fourth-order valence-electron chi connectivity index (χ4n) is 2.60. The molecule has 4 nitrogen and oxygen atoms in total. The summed E-state index contributed by atoms with van der Waals surface area (Å²) in [5.74, 6) is -2.49. The Morgan fingerprint density at radius 2 is 1.78 bits per heavy atom. The van der Waals surface area contributed by atoms with Crippen LogP contribution in [0.2, 0.25) is 0 Å². The summed E-state index contributed by atoms with van der Waals surface area (Å²) in [6, 6.07) is 2.83. The van der Waals surface area contributed by atoms with E-state index >= 15 is 0 Å². The SMILES string of the molecule is O=C(N[C@@H]1CC[C@H](C(=O)O)C1)C(F)c1ccc(C(F)(F)F)cc1. The van der Waals surface area contributed by atoms with Crippen LogP contribution in [-0.4, -0.2) is 23.0 Å². The number of rotatable bonds is 4. The lowest BCUT2D eigenvalue weighted by atomic mass is 10.1. The van der Waals surface area contributed by atoms with Gasteiger partial charge in [-0.15, -0.1) is 0 Å². The molecule has 0 heterocycles. The van der Waals surface area contributed by atoms with Gasteiger partial charge in [0.25, 0.3) is 5.91 Å². The largest absolute Gasteiger partial charge is 0.481 e. The van der Waals surface area contributed by atoms with Gasteiger partial charge in [-0.25, -0.2) is 4.39 Å². The molecule has 0 radical (unpaired) electrons. The van der Waals surface area contributed by atoms with Crippen molar-refractivity contribution in [3.05, 3.63) is 35.4 Å². The van der Waals surface area contributed by atoms with Gasteiger partial charge in [-0.1, -0.05) is 12.1 Å². The molecule has 1 amide bonds. The minimum absolute atomic E-state index is 0.178. The lowest BCUT2D eigenvalue weighted by Gasteiger charge is -2.15. The molecule has 8 heteroatoms. The van der Waals surface area contributed by atoms with Crippen LogP contribution >= 0.6 is 0 Å². The number of hydrogen-bond donors (Lipinski definition) is 2. The van der Waals surface area contributed by atoms with E-state index in [0.717, 1.165) is 12.1 Å². The van der Waals surface area contributed by atoms with Crippen LogP contribution in [0.15, 0.2) is 24.3 Å². The fourth-order valence-corrected chi connectivity index (χ4v) is 2.60. The Morgan fingerprint density at radius 3 is 2.26 bits per heavy atom. The number of alkyl halides is 4. The first-order valence-electron chi connectivity index (χ1n) is 7.03. The van der Waals surface area contributed by atoms with Crippen molar-refractivity contribution in [3.8, 4) is 0 Å². The highest BCUT2D eigenvalue weighted by molar-refractivity contribution is 5.82. The molecule has 1 saturated carbocycles. The van der Waals surface area contributed by atoms with Crippen molar-refractivity contribution >= 4 is 11.9 Å². The van der Waals surface area contributed by atoms with Crippen LogP contribution in [0.4, 0.5) is 17.6 Å². The predicted molar refractivity (Wildman–Crippen MR) is 72.2 cm³/mol. The van der Waals surface area contributed by atoms with Crippen molar-refractivity contribution in [2.24, 2.45) is 5.92 Å². The molecule has 3 atom stereocenters. The van der Waals surface area contributed by atoms with E-state index in [0.29, 0.717) is 25.0 Å². The minimum Gasteiger partial charge on any atom is -0.481 e. The van der Waals surface area contributed by atoms with Crippen LogP contribution < -0.4 is 5.32 Å². The van der Waals surface area contributed by atoms with Gasteiger partial charge in [0.05, 0.1) is 11.5 Å². The van der Waals surface area contributed by atoms with E-state index in [1.54, 1.807) is 0 Å². The highest BCUT2D eigenvalue weighted by Gasteiger charge is 2.33. The van der Waals surface area contributed by atoms with E-state index in [1.807, 2.05) is 0 Å². The second-order valence-electron chi connectivity index (χ2n) is 5.54. The summed E-state index contributed by atoms with van der Waals surface area (Å²) in [6.07, 6.45) is -5.57. The van der Waals surface area contributed by atoms with Crippen molar-refractivity contribution in [3.63, 3.8) is 0 Å². The second kappa shape index (κ2) is 6.55. The Morgan fingerprint density at radius 1 is 1.17 bits per heavy atom. The van der Waals surface area contributed by atoms with Crippen LogP contribution in [0.3, 0.4) is 0 Å². The molecule has 0 bridgehead atoms. The van der Waals surface area contributed by atoms with Crippen molar-refractivity contribution in [1.29, 1.82) is 0 Å². The average Bonchev–Trinajstić information content (AvgIpc) is 2.94. The molecule has 126 valence electrons. The Labute approximate surface area is 129 Å². The molecule has 0 spiro atoms. The molecule has 2 N–H and O–H groups in total. The van der Waals surface area contributed by atoms with Crippen LogP contribution in [0, 0.1) is 5.92 Å². The van der Waals surface area contributed by atoms with Gasteiger partial charge in [0, 0.05) is 6.04 Å². The lowest BCUT2D eigenvalue weighted by molar-refractivity contribution is -0.141. The topological polar surface area (TPSA) is 66.4 Å². The molecule has 23 heavy (non-hydrogen) atoms. The van der Waals surface area contributed by atoms with Crippen molar-refractivity contribution in [1.82, 2.24) is 5.32 Å². The number of amides is 1. The number of hydrogen-bond acceptors (Lipinski definition) is 2. The van der Waals surface area contributed by atoms with Gasteiger partial charge in [-0.2, -0.15) is 13.2 Å². The molecule has 0 aromatic heterocycles. The fraction of sp³-hybridized carbons (Fsp3) is 0.467. The molecule has 1 aliphatic rings. The summed E-state index contributed by atoms with van der Waals surface area (Å²) in [6.45, 7) is 0.